The molecule has 16 heteroatoms. The molecule has 6 aromatic rings. The standard InChI is InChI=1S/C21H23N3O3.C14H16ClN3O2.C7H9BO3.2CH4/c1-13(2)24(3)20-19(14-6-9-16(26-4)10-7-14)22-17-11-8-15(21(25)27-5)12-18(17)23-20;1-8(2)18(3)13-12(15)16-10-6-5-9(14(19)20-4)7-11(10)17-13;1-11-7-4-2-6(3-5-7)8(9)10;;/h6-13H,1-5H3;5-8H,1-4H3;2-5,9-10H,1H3;2*1H4. The van der Waals surface area contributed by atoms with Gasteiger partial charge >= 0.3 is 19.1 Å². The van der Waals surface area contributed by atoms with Crippen LogP contribution in [0.5, 0.6) is 11.5 Å². The summed E-state index contributed by atoms with van der Waals surface area (Å²) in [4.78, 5) is 45.8. The Morgan fingerprint density at radius 1 is 0.600 bits per heavy atom. The van der Waals surface area contributed by atoms with Gasteiger partial charge in [-0.15, -0.1) is 0 Å². The number of esters is 2. The number of hydrogen-bond donors (Lipinski definition) is 2. The van der Waals surface area contributed by atoms with E-state index in [-0.39, 0.29) is 26.9 Å². The van der Waals surface area contributed by atoms with Gasteiger partial charge in [0.15, 0.2) is 16.8 Å². The van der Waals surface area contributed by atoms with Gasteiger partial charge < -0.3 is 38.8 Å². The number of benzene rings is 4. The molecule has 0 fully saturated rings. The third-order valence-electron chi connectivity index (χ3n) is 9.09. The smallest absolute Gasteiger partial charge is 0.488 e. The number of halogens is 1. The second kappa shape index (κ2) is 22.9. The molecule has 0 spiro atoms. The summed E-state index contributed by atoms with van der Waals surface area (Å²) < 4.78 is 19.6. The van der Waals surface area contributed by atoms with Crippen LogP contribution in [0.25, 0.3) is 33.3 Å². The molecule has 0 radical (unpaired) electrons. The third kappa shape index (κ3) is 12.5. The normalized spacial score (nSPS) is 10.2. The zero-order valence-electron chi connectivity index (χ0n) is 34.2. The lowest BCUT2D eigenvalue weighted by Crippen LogP contribution is -2.29. The molecular weight excluding hydrogens is 787 g/mol. The first-order chi connectivity index (χ1) is 27.6. The molecule has 0 bridgehead atoms. The van der Waals surface area contributed by atoms with Gasteiger partial charge in [-0.25, -0.2) is 29.5 Å². The van der Waals surface area contributed by atoms with E-state index in [1.165, 1.54) is 14.2 Å². The lowest BCUT2D eigenvalue weighted by molar-refractivity contribution is 0.0592. The minimum atomic E-state index is -1.40. The maximum atomic E-state index is 11.8. The summed E-state index contributed by atoms with van der Waals surface area (Å²) >= 11 is 6.16. The summed E-state index contributed by atoms with van der Waals surface area (Å²) in [7, 11) is 8.39. The van der Waals surface area contributed by atoms with Crippen LogP contribution in [0.3, 0.4) is 0 Å². The van der Waals surface area contributed by atoms with Crippen molar-refractivity contribution >= 4 is 69.8 Å². The van der Waals surface area contributed by atoms with Crippen molar-refractivity contribution in [3.63, 3.8) is 0 Å². The van der Waals surface area contributed by atoms with E-state index in [1.807, 2.05) is 57.1 Å². The molecule has 4 aromatic carbocycles. The van der Waals surface area contributed by atoms with Crippen molar-refractivity contribution in [3.05, 3.63) is 101 Å². The molecule has 0 aliphatic carbocycles. The van der Waals surface area contributed by atoms with Crippen LogP contribution in [-0.4, -0.2) is 104 Å². The Morgan fingerprint density at radius 2 is 1.02 bits per heavy atom. The van der Waals surface area contributed by atoms with Gasteiger partial charge in [-0.1, -0.05) is 38.6 Å². The molecule has 6 rings (SSSR count). The van der Waals surface area contributed by atoms with Gasteiger partial charge in [-0.2, -0.15) is 0 Å². The molecule has 2 N–H and O–H groups in total. The number of carbonyl (C=O) groups excluding carboxylic acids is 2. The van der Waals surface area contributed by atoms with E-state index in [2.05, 4.69) is 28.7 Å². The van der Waals surface area contributed by atoms with Crippen LogP contribution in [0, 0.1) is 0 Å². The van der Waals surface area contributed by atoms with Crippen molar-refractivity contribution in [2.75, 3.05) is 52.3 Å². The number of fused-ring (bicyclic) bond motifs is 2. The van der Waals surface area contributed by atoms with Crippen LogP contribution in [0.15, 0.2) is 84.9 Å². The van der Waals surface area contributed by atoms with Gasteiger partial charge in [-0.05, 0) is 106 Å². The zero-order valence-corrected chi connectivity index (χ0v) is 35.0. The Balaban J connectivity index is 0.000000331. The Kier molecular flexibility index (Phi) is 19.2. The topological polar surface area (TPSA) is 170 Å². The number of rotatable bonds is 10. The first-order valence-corrected chi connectivity index (χ1v) is 18.6. The monoisotopic (exact) mass is 842 g/mol. The number of methoxy groups -OCH3 is 4. The molecule has 0 saturated carbocycles. The average Bonchev–Trinajstić information content (AvgIpc) is 3.24. The Bertz CT molecular complexity index is 2330. The van der Waals surface area contributed by atoms with Crippen LogP contribution in [0.4, 0.5) is 11.6 Å². The van der Waals surface area contributed by atoms with E-state index in [0.29, 0.717) is 49.9 Å². The molecule has 0 aliphatic rings. The highest BCUT2D eigenvalue weighted by Crippen LogP contribution is 2.32. The molecule has 0 saturated heterocycles. The predicted molar refractivity (Wildman–Crippen MR) is 242 cm³/mol. The van der Waals surface area contributed by atoms with E-state index in [9.17, 15) is 9.59 Å². The maximum Gasteiger partial charge on any atom is 0.488 e. The zero-order chi connectivity index (χ0) is 42.7. The Hall–Kier alpha value is -6.03. The average molecular weight is 843 g/mol. The third-order valence-corrected chi connectivity index (χ3v) is 9.34. The van der Waals surface area contributed by atoms with E-state index in [4.69, 9.17) is 50.6 Å². The van der Waals surface area contributed by atoms with Crippen LogP contribution < -0.4 is 24.7 Å². The summed E-state index contributed by atoms with van der Waals surface area (Å²) in [5.74, 6) is 2.04. The summed E-state index contributed by atoms with van der Waals surface area (Å²) in [6.45, 7) is 8.25. The van der Waals surface area contributed by atoms with Gasteiger partial charge in [0.05, 0.1) is 61.6 Å². The predicted octanol–water partition coefficient (Wildman–Crippen LogP) is 7.50. The number of aromatic nitrogens is 4. The Labute approximate surface area is 358 Å². The first kappa shape index (κ1) is 50.1. The van der Waals surface area contributed by atoms with Crippen molar-refractivity contribution in [1.82, 2.24) is 19.9 Å². The molecule has 60 heavy (non-hydrogen) atoms. The molecule has 0 atom stereocenters. The van der Waals surface area contributed by atoms with Crippen LogP contribution >= 0.6 is 11.6 Å². The molecule has 2 heterocycles. The quantitative estimate of drug-likeness (QED) is 0.103. The lowest BCUT2D eigenvalue weighted by atomic mass is 9.80. The van der Waals surface area contributed by atoms with E-state index in [0.717, 1.165) is 28.3 Å². The van der Waals surface area contributed by atoms with Gasteiger partial charge in [0.2, 0.25) is 0 Å². The number of nitrogens with zero attached hydrogens (tertiary/aromatic N) is 6. The molecule has 0 aliphatic heterocycles. The Morgan fingerprint density at radius 3 is 1.43 bits per heavy atom. The van der Waals surface area contributed by atoms with Gasteiger partial charge in [0, 0.05) is 31.7 Å². The fourth-order valence-corrected chi connectivity index (χ4v) is 5.50. The fourth-order valence-electron chi connectivity index (χ4n) is 5.24. The summed E-state index contributed by atoms with van der Waals surface area (Å²) in [5, 5.41) is 17.8. The maximum absolute atomic E-state index is 11.8. The van der Waals surface area contributed by atoms with E-state index >= 15 is 0 Å². The van der Waals surface area contributed by atoms with Crippen molar-refractivity contribution in [2.24, 2.45) is 0 Å². The van der Waals surface area contributed by atoms with Crippen molar-refractivity contribution in [3.8, 4) is 22.8 Å². The van der Waals surface area contributed by atoms with Crippen LogP contribution in [-0.2, 0) is 9.47 Å². The number of anilines is 2. The summed E-state index contributed by atoms with van der Waals surface area (Å²) in [6.07, 6.45) is 0. The van der Waals surface area contributed by atoms with Gasteiger partial charge in [-0.3, -0.25) is 0 Å². The highest BCUT2D eigenvalue weighted by molar-refractivity contribution is 6.58. The second-order valence-corrected chi connectivity index (χ2v) is 13.8. The molecule has 2 aromatic heterocycles. The summed E-state index contributed by atoms with van der Waals surface area (Å²) in [6, 6.07) is 25.0. The number of ether oxygens (including phenoxy) is 4. The summed E-state index contributed by atoms with van der Waals surface area (Å²) in [5.41, 5.74) is 5.71. The van der Waals surface area contributed by atoms with E-state index in [1.54, 1.807) is 74.9 Å². The minimum absolute atomic E-state index is 0. The molecule has 320 valence electrons. The highest BCUT2D eigenvalue weighted by Gasteiger charge is 2.19. The fraction of sp³-hybridized carbons (Fsp3) is 0.318. The van der Waals surface area contributed by atoms with Gasteiger partial charge in [0.25, 0.3) is 0 Å². The number of carbonyl (C=O) groups is 2. The van der Waals surface area contributed by atoms with Crippen molar-refractivity contribution < 1.29 is 38.6 Å². The van der Waals surface area contributed by atoms with Crippen molar-refractivity contribution in [1.29, 1.82) is 0 Å². The SMILES string of the molecule is C.C.COC(=O)c1ccc2nc(-c3ccc(OC)cc3)c(N(C)C(C)C)nc2c1.COC(=O)c1ccc2nc(Cl)c(N(C)C(C)C)nc2c1.COc1ccc(B(O)O)cc1. The molecule has 14 nitrogen and oxygen atoms in total. The van der Waals surface area contributed by atoms with Gasteiger partial charge in [0.1, 0.15) is 17.2 Å². The first-order valence-electron chi connectivity index (χ1n) is 18.2. The van der Waals surface area contributed by atoms with Crippen molar-refractivity contribution in [2.45, 2.75) is 54.6 Å². The lowest BCUT2D eigenvalue weighted by Gasteiger charge is -2.25. The number of hydrogen-bond acceptors (Lipinski definition) is 14. The molecule has 0 unspecified atom stereocenters. The minimum Gasteiger partial charge on any atom is -0.497 e. The highest BCUT2D eigenvalue weighted by atomic mass is 35.5. The molecular formula is C44H56BClN6O8. The molecule has 0 amide bonds. The largest absolute Gasteiger partial charge is 0.497 e. The van der Waals surface area contributed by atoms with Crippen LogP contribution in [0.1, 0.15) is 63.3 Å². The van der Waals surface area contributed by atoms with E-state index < -0.39 is 19.1 Å². The second-order valence-electron chi connectivity index (χ2n) is 13.4. The van der Waals surface area contributed by atoms with Crippen LogP contribution in [0.2, 0.25) is 5.15 Å².